The van der Waals surface area contributed by atoms with Crippen molar-refractivity contribution in [3.63, 3.8) is 0 Å². The van der Waals surface area contributed by atoms with Crippen molar-refractivity contribution in [3.05, 3.63) is 277 Å². The zero-order valence-corrected chi connectivity index (χ0v) is 38.0. The third kappa shape index (κ3) is 8.02. The van der Waals surface area contributed by atoms with Gasteiger partial charge in [0.1, 0.15) is 0 Å². The van der Waals surface area contributed by atoms with Crippen LogP contribution in [0.4, 0.5) is 0 Å². The van der Waals surface area contributed by atoms with Crippen LogP contribution < -0.4 is 0 Å². The normalized spacial score (nSPS) is 12.6. The van der Waals surface area contributed by atoms with Crippen LogP contribution in [-0.2, 0) is 5.41 Å². The van der Waals surface area contributed by atoms with Gasteiger partial charge >= 0.3 is 0 Å². The molecule has 0 amide bonds. The molecule has 12 rings (SSSR count). The molecule has 1 aliphatic carbocycles. The van der Waals surface area contributed by atoms with E-state index in [2.05, 4.69) is 218 Å². The summed E-state index contributed by atoms with van der Waals surface area (Å²) in [6.45, 7) is 0. The Hall–Kier alpha value is -8.86. The Labute approximate surface area is 402 Å². The summed E-state index contributed by atoms with van der Waals surface area (Å²) in [7, 11) is 0. The van der Waals surface area contributed by atoms with Crippen LogP contribution in [0.2, 0.25) is 0 Å². The molecule has 326 valence electrons. The van der Waals surface area contributed by atoms with Gasteiger partial charge in [-0.2, -0.15) is 0 Å². The first-order chi connectivity index (χ1) is 34.2. The molecule has 11 aromatic rings. The van der Waals surface area contributed by atoms with Gasteiger partial charge in [-0.15, -0.1) is 0 Å². The van der Waals surface area contributed by atoms with Gasteiger partial charge in [-0.05, 0) is 75.3 Å². The molecule has 69 heavy (non-hydrogen) atoms. The highest BCUT2D eigenvalue weighted by Gasteiger charge is 2.40. The average Bonchev–Trinajstić information content (AvgIpc) is 3.44. The maximum absolute atomic E-state index is 5.22. The van der Waals surface area contributed by atoms with Crippen molar-refractivity contribution in [1.82, 2.24) is 19.9 Å². The number of nitrogens with zero attached hydrogens (tertiary/aromatic N) is 4. The first kappa shape index (κ1) is 41.6. The van der Waals surface area contributed by atoms with Crippen molar-refractivity contribution in [3.8, 4) is 67.8 Å². The van der Waals surface area contributed by atoms with E-state index < -0.39 is 5.41 Å². The van der Waals surface area contributed by atoms with E-state index in [9.17, 15) is 0 Å². The Morgan fingerprint density at radius 1 is 0.304 bits per heavy atom. The summed E-state index contributed by atoms with van der Waals surface area (Å²) in [5.74, 6) is 1.39. The topological polar surface area (TPSA) is 51.6 Å². The summed E-state index contributed by atoms with van der Waals surface area (Å²) in [6, 6.07) is 84.0. The number of hydrogen-bond acceptors (Lipinski definition) is 4. The van der Waals surface area contributed by atoms with Crippen molar-refractivity contribution in [2.24, 2.45) is 0 Å². The van der Waals surface area contributed by atoms with Gasteiger partial charge in [0.15, 0.2) is 11.6 Å². The molecule has 0 fully saturated rings. The third-order valence-electron chi connectivity index (χ3n) is 13.5. The highest BCUT2D eigenvalue weighted by molar-refractivity contribution is 5.89. The third-order valence-corrected chi connectivity index (χ3v) is 13.5. The lowest BCUT2D eigenvalue weighted by Gasteiger charge is -2.39. The van der Waals surface area contributed by atoms with Crippen LogP contribution in [0, 0.1) is 0 Å². The molecule has 1 aliphatic rings. The number of benzene rings is 9. The van der Waals surface area contributed by atoms with Crippen molar-refractivity contribution in [2.45, 2.75) is 18.3 Å². The lowest BCUT2D eigenvalue weighted by Crippen LogP contribution is -2.32. The standard InChI is InChI=1S/C65H46N4/c1-5-19-49(20-6-1)63-66-59(43-61(68-63)53-31-29-45-17-13-15-23-51(45)41-53)47-33-37-57(38-34-47)65(55-25-9-3-10-26-55,56-27-11-4-12-28-56)58-39-35-48(36-40-58)60-44-62(69-64(67-60)50-21-7-2-8-22-50)54-32-30-46-18-14-16-24-52(46)42-54/h1-11,13-27,29-44H,12,28H2. The number of hydrogen-bond donors (Lipinski definition) is 0. The van der Waals surface area contributed by atoms with Crippen LogP contribution in [0.15, 0.2) is 260 Å². The first-order valence-electron chi connectivity index (χ1n) is 23.7. The summed E-state index contributed by atoms with van der Waals surface area (Å²) in [5, 5.41) is 4.76. The van der Waals surface area contributed by atoms with Crippen LogP contribution in [0.5, 0.6) is 0 Å². The summed E-state index contributed by atoms with van der Waals surface area (Å²) in [6.07, 6.45) is 8.72. The highest BCUT2D eigenvalue weighted by Crippen LogP contribution is 2.48. The summed E-state index contributed by atoms with van der Waals surface area (Å²) in [5.41, 5.74) is 14.0. The second-order valence-electron chi connectivity index (χ2n) is 17.7. The summed E-state index contributed by atoms with van der Waals surface area (Å²) < 4.78 is 0. The quantitative estimate of drug-likeness (QED) is 0.128. The number of fused-ring (bicyclic) bond motifs is 2. The van der Waals surface area contributed by atoms with Crippen molar-refractivity contribution in [1.29, 1.82) is 0 Å². The number of allylic oxidation sites excluding steroid dienone is 4. The minimum Gasteiger partial charge on any atom is -0.228 e. The van der Waals surface area contributed by atoms with Gasteiger partial charge in [-0.3, -0.25) is 0 Å². The molecular formula is C65H46N4. The van der Waals surface area contributed by atoms with Gasteiger partial charge in [-0.25, -0.2) is 19.9 Å². The minimum atomic E-state index is -0.586. The van der Waals surface area contributed by atoms with E-state index in [-0.39, 0.29) is 0 Å². The molecule has 0 aliphatic heterocycles. The van der Waals surface area contributed by atoms with Crippen LogP contribution in [0.1, 0.15) is 29.5 Å². The van der Waals surface area contributed by atoms with E-state index in [4.69, 9.17) is 19.9 Å². The van der Waals surface area contributed by atoms with Gasteiger partial charge in [0, 0.05) is 33.4 Å². The maximum atomic E-state index is 5.22. The second kappa shape index (κ2) is 18.1. The number of rotatable bonds is 10. The minimum absolute atomic E-state index is 0.586. The van der Waals surface area contributed by atoms with Gasteiger partial charge < -0.3 is 0 Å². The maximum Gasteiger partial charge on any atom is 0.160 e. The molecular weight excluding hydrogens is 837 g/mol. The van der Waals surface area contributed by atoms with E-state index in [1.807, 2.05) is 36.4 Å². The van der Waals surface area contributed by atoms with Gasteiger partial charge in [-0.1, -0.05) is 236 Å². The molecule has 2 aromatic heterocycles. The lowest BCUT2D eigenvalue weighted by atomic mass is 9.63. The monoisotopic (exact) mass is 882 g/mol. The van der Waals surface area contributed by atoms with Gasteiger partial charge in [0.2, 0.25) is 0 Å². The van der Waals surface area contributed by atoms with Crippen molar-refractivity contribution < 1.29 is 0 Å². The Balaban J connectivity index is 0.983. The zero-order valence-electron chi connectivity index (χ0n) is 38.0. The van der Waals surface area contributed by atoms with Gasteiger partial charge in [0.25, 0.3) is 0 Å². The Kier molecular flexibility index (Phi) is 10.9. The second-order valence-corrected chi connectivity index (χ2v) is 17.7. The van der Waals surface area contributed by atoms with Crippen molar-refractivity contribution in [2.75, 3.05) is 0 Å². The van der Waals surface area contributed by atoms with Crippen LogP contribution >= 0.6 is 0 Å². The molecule has 0 bridgehead atoms. The SMILES string of the molecule is C1=CCCC(C(c2ccccc2)(c2ccc(-c3cc(-c4ccc5ccccc5c4)nc(-c4ccccc4)n3)cc2)c2ccc(-c3cc(-c4ccc5ccccc5c4)nc(-c4ccccc4)n3)cc2)=C1. The summed E-state index contributed by atoms with van der Waals surface area (Å²) in [4.78, 5) is 20.7. The Morgan fingerprint density at radius 2 is 0.681 bits per heavy atom. The molecule has 0 atom stereocenters. The van der Waals surface area contributed by atoms with E-state index in [0.29, 0.717) is 11.6 Å². The fraction of sp³-hybridized carbons (Fsp3) is 0.0462. The smallest absolute Gasteiger partial charge is 0.160 e. The van der Waals surface area contributed by atoms with Crippen LogP contribution in [0.3, 0.4) is 0 Å². The summed E-state index contributed by atoms with van der Waals surface area (Å²) >= 11 is 0. The largest absolute Gasteiger partial charge is 0.228 e. The predicted octanol–water partition coefficient (Wildman–Crippen LogP) is 16.2. The molecule has 2 heterocycles. The van der Waals surface area contributed by atoms with Crippen LogP contribution in [-0.4, -0.2) is 19.9 Å². The molecule has 0 saturated carbocycles. The average molecular weight is 883 g/mol. The fourth-order valence-electron chi connectivity index (χ4n) is 10.1. The molecule has 4 heteroatoms. The molecule has 0 radical (unpaired) electrons. The predicted molar refractivity (Wildman–Crippen MR) is 284 cm³/mol. The number of aromatic nitrogens is 4. The molecule has 0 unspecified atom stereocenters. The van der Waals surface area contributed by atoms with Crippen molar-refractivity contribution >= 4 is 21.5 Å². The highest BCUT2D eigenvalue weighted by atomic mass is 14.9. The zero-order chi connectivity index (χ0) is 46.0. The first-order valence-corrected chi connectivity index (χ1v) is 23.7. The molecule has 0 N–H and O–H groups in total. The van der Waals surface area contributed by atoms with E-state index in [1.54, 1.807) is 0 Å². The molecule has 9 aromatic carbocycles. The fourth-order valence-corrected chi connectivity index (χ4v) is 10.1. The van der Waals surface area contributed by atoms with E-state index in [1.165, 1.54) is 43.8 Å². The van der Waals surface area contributed by atoms with E-state index in [0.717, 1.165) is 69.0 Å². The lowest BCUT2D eigenvalue weighted by molar-refractivity contribution is 0.676. The van der Waals surface area contributed by atoms with Gasteiger partial charge in [0.05, 0.1) is 28.2 Å². The Morgan fingerprint density at radius 3 is 1.12 bits per heavy atom. The van der Waals surface area contributed by atoms with E-state index >= 15 is 0 Å². The molecule has 0 spiro atoms. The molecule has 4 nitrogen and oxygen atoms in total. The molecule has 0 saturated heterocycles. The Bertz CT molecular complexity index is 3480. The van der Waals surface area contributed by atoms with Crippen LogP contribution in [0.25, 0.3) is 89.4 Å².